The summed E-state index contributed by atoms with van der Waals surface area (Å²) in [6, 6.07) is 8.28. The lowest BCUT2D eigenvalue weighted by Crippen LogP contribution is -2.54. The van der Waals surface area contributed by atoms with E-state index in [-0.39, 0.29) is 0 Å². The molecule has 0 bridgehead atoms. The van der Waals surface area contributed by atoms with E-state index in [1.165, 1.54) is 19.3 Å². The van der Waals surface area contributed by atoms with Crippen LogP contribution in [0.2, 0.25) is 0 Å². The Morgan fingerprint density at radius 2 is 2.12 bits per heavy atom. The van der Waals surface area contributed by atoms with E-state index in [1.54, 1.807) is 7.11 Å². The highest BCUT2D eigenvalue weighted by Gasteiger charge is 2.34. The van der Waals surface area contributed by atoms with Gasteiger partial charge in [0, 0.05) is 24.7 Å². The fourth-order valence-electron chi connectivity index (χ4n) is 3.85. The number of morpholine rings is 1. The Balaban J connectivity index is 1.44. The van der Waals surface area contributed by atoms with Crippen LogP contribution in [0.15, 0.2) is 24.3 Å². The molecule has 2 aliphatic rings. The van der Waals surface area contributed by atoms with E-state index in [9.17, 15) is 5.11 Å². The second-order valence-corrected chi connectivity index (χ2v) is 6.74. The Kier molecular flexibility index (Phi) is 6.49. The Labute approximate surface area is 144 Å². The lowest BCUT2D eigenvalue weighted by atomic mass is 9.90. The number of nitrogens with zero attached hydrogens (tertiary/aromatic N) is 1. The quantitative estimate of drug-likeness (QED) is 0.828. The summed E-state index contributed by atoms with van der Waals surface area (Å²) in [5, 5.41) is 10.4. The van der Waals surface area contributed by atoms with Gasteiger partial charge < -0.3 is 19.3 Å². The maximum atomic E-state index is 10.4. The van der Waals surface area contributed by atoms with Crippen LogP contribution in [0.4, 0.5) is 0 Å². The maximum Gasteiger partial charge on any atom is 0.124 e. The topological polar surface area (TPSA) is 51.2 Å². The molecule has 3 rings (SSSR count). The second kappa shape index (κ2) is 8.81. The van der Waals surface area contributed by atoms with E-state index in [2.05, 4.69) is 4.90 Å². The van der Waals surface area contributed by atoms with Gasteiger partial charge in [0.25, 0.3) is 0 Å². The van der Waals surface area contributed by atoms with Crippen LogP contribution in [0.25, 0.3) is 0 Å². The molecule has 1 N–H and O–H groups in total. The Morgan fingerprint density at radius 3 is 3.00 bits per heavy atom. The van der Waals surface area contributed by atoms with Crippen molar-refractivity contribution in [1.82, 2.24) is 4.90 Å². The molecule has 5 nitrogen and oxygen atoms in total. The van der Waals surface area contributed by atoms with Crippen molar-refractivity contribution < 1.29 is 19.3 Å². The molecule has 5 heteroatoms. The highest BCUT2D eigenvalue weighted by molar-refractivity contribution is 5.32. The van der Waals surface area contributed by atoms with E-state index in [1.807, 2.05) is 24.3 Å². The fourth-order valence-corrected chi connectivity index (χ4v) is 3.85. The number of rotatable bonds is 7. The van der Waals surface area contributed by atoms with E-state index >= 15 is 0 Å². The van der Waals surface area contributed by atoms with Crippen molar-refractivity contribution in [2.75, 3.05) is 33.4 Å². The lowest BCUT2D eigenvalue weighted by Gasteiger charge is -2.44. The molecule has 1 aliphatic carbocycles. The van der Waals surface area contributed by atoms with Gasteiger partial charge in [-0.25, -0.2) is 0 Å². The highest BCUT2D eigenvalue weighted by Crippen LogP contribution is 2.28. The largest absolute Gasteiger partial charge is 0.496 e. The van der Waals surface area contributed by atoms with Crippen LogP contribution < -0.4 is 4.74 Å². The van der Waals surface area contributed by atoms with Gasteiger partial charge >= 0.3 is 0 Å². The summed E-state index contributed by atoms with van der Waals surface area (Å²) in [6.45, 7) is 3.14. The Hall–Kier alpha value is -1.14. The van der Waals surface area contributed by atoms with Gasteiger partial charge in [-0.05, 0) is 18.9 Å². The molecule has 1 saturated carbocycles. The van der Waals surface area contributed by atoms with Crippen molar-refractivity contribution in [3.05, 3.63) is 29.8 Å². The van der Waals surface area contributed by atoms with E-state index < -0.39 is 6.10 Å². The summed E-state index contributed by atoms with van der Waals surface area (Å²) in [4.78, 5) is 2.39. The highest BCUT2D eigenvalue weighted by atomic mass is 16.5. The molecular weight excluding hydrogens is 306 g/mol. The third-order valence-electron chi connectivity index (χ3n) is 5.05. The number of para-hydroxylation sites is 1. The zero-order valence-electron chi connectivity index (χ0n) is 14.5. The summed E-state index contributed by atoms with van der Waals surface area (Å²) in [7, 11) is 1.66. The smallest absolute Gasteiger partial charge is 0.124 e. The van der Waals surface area contributed by atoms with Crippen molar-refractivity contribution in [3.8, 4) is 5.75 Å². The number of aliphatic hydroxyl groups excluding tert-OH is 1. The van der Waals surface area contributed by atoms with Crippen LogP contribution in [0, 0.1) is 0 Å². The minimum absolute atomic E-state index is 0.340. The molecular formula is C19H29NO4. The molecule has 0 unspecified atom stereocenters. The molecule has 0 radical (unpaired) electrons. The van der Waals surface area contributed by atoms with Crippen molar-refractivity contribution >= 4 is 0 Å². The average Bonchev–Trinajstić information content (AvgIpc) is 2.62. The van der Waals surface area contributed by atoms with Crippen LogP contribution in [-0.4, -0.2) is 61.7 Å². The van der Waals surface area contributed by atoms with Crippen molar-refractivity contribution in [1.29, 1.82) is 0 Å². The van der Waals surface area contributed by atoms with E-state index in [0.717, 1.165) is 30.9 Å². The standard InChI is InChI=1S/C19H29NO4/c1-22-18-8-4-2-6-15(18)13-23-14-16(21)12-20-10-11-24-19-9-5-3-7-17(19)20/h2,4,6,8,16-17,19,21H,3,5,7,9-14H2,1H3/t16-,17+,19+/m1/s1. The summed E-state index contributed by atoms with van der Waals surface area (Å²) < 4.78 is 16.9. The zero-order valence-corrected chi connectivity index (χ0v) is 14.5. The van der Waals surface area contributed by atoms with Crippen LogP contribution >= 0.6 is 0 Å². The third kappa shape index (κ3) is 4.48. The molecule has 0 amide bonds. The van der Waals surface area contributed by atoms with Gasteiger partial charge in [0.1, 0.15) is 5.75 Å². The molecule has 0 spiro atoms. The van der Waals surface area contributed by atoms with Gasteiger partial charge in [0.2, 0.25) is 0 Å². The molecule has 1 heterocycles. The van der Waals surface area contributed by atoms with Gasteiger partial charge in [0.05, 0.1) is 39.1 Å². The first kappa shape index (κ1) is 17.7. The fraction of sp³-hybridized carbons (Fsp3) is 0.684. The maximum absolute atomic E-state index is 10.4. The molecule has 0 aromatic heterocycles. The van der Waals surface area contributed by atoms with E-state index in [0.29, 0.717) is 31.9 Å². The third-order valence-corrected chi connectivity index (χ3v) is 5.05. The number of aliphatic hydroxyl groups is 1. The number of hydrogen-bond donors (Lipinski definition) is 1. The summed E-state index contributed by atoms with van der Waals surface area (Å²) >= 11 is 0. The van der Waals surface area contributed by atoms with Gasteiger partial charge in [-0.2, -0.15) is 0 Å². The van der Waals surface area contributed by atoms with Crippen LogP contribution in [0.3, 0.4) is 0 Å². The summed E-state index contributed by atoms with van der Waals surface area (Å²) in [5.74, 6) is 0.824. The number of hydrogen-bond acceptors (Lipinski definition) is 5. The molecule has 1 aromatic carbocycles. The van der Waals surface area contributed by atoms with Crippen LogP contribution in [0.1, 0.15) is 31.2 Å². The molecule has 2 fully saturated rings. The Bertz CT molecular complexity index is 508. The predicted octanol–water partition coefficient (Wildman–Crippen LogP) is 2.22. The average molecular weight is 335 g/mol. The van der Waals surface area contributed by atoms with Crippen molar-refractivity contribution in [2.45, 2.75) is 50.5 Å². The molecule has 1 aliphatic heterocycles. The minimum Gasteiger partial charge on any atom is -0.496 e. The zero-order chi connectivity index (χ0) is 16.8. The molecule has 1 aromatic rings. The van der Waals surface area contributed by atoms with Crippen molar-refractivity contribution in [3.63, 3.8) is 0 Å². The van der Waals surface area contributed by atoms with Gasteiger partial charge in [-0.15, -0.1) is 0 Å². The lowest BCUT2D eigenvalue weighted by molar-refractivity contribution is -0.103. The number of benzene rings is 1. The van der Waals surface area contributed by atoms with Crippen LogP contribution in [-0.2, 0) is 16.1 Å². The summed E-state index contributed by atoms with van der Waals surface area (Å²) in [6.07, 6.45) is 4.75. The van der Waals surface area contributed by atoms with Gasteiger partial charge in [0.15, 0.2) is 0 Å². The predicted molar refractivity (Wildman–Crippen MR) is 92.2 cm³/mol. The number of methoxy groups -OCH3 is 1. The number of fused-ring (bicyclic) bond motifs is 1. The first-order valence-electron chi connectivity index (χ1n) is 9.01. The summed E-state index contributed by atoms with van der Waals surface area (Å²) in [5.41, 5.74) is 1.01. The molecule has 134 valence electrons. The Morgan fingerprint density at radius 1 is 1.29 bits per heavy atom. The minimum atomic E-state index is -0.472. The molecule has 3 atom stereocenters. The van der Waals surface area contributed by atoms with E-state index in [4.69, 9.17) is 14.2 Å². The first-order chi connectivity index (χ1) is 11.8. The SMILES string of the molecule is COc1ccccc1COC[C@H](O)CN1CCO[C@H]2CCCC[C@@H]21. The van der Waals surface area contributed by atoms with Gasteiger partial charge in [-0.3, -0.25) is 4.90 Å². The first-order valence-corrected chi connectivity index (χ1v) is 9.01. The number of ether oxygens (including phenoxy) is 3. The van der Waals surface area contributed by atoms with Crippen LogP contribution in [0.5, 0.6) is 5.75 Å². The van der Waals surface area contributed by atoms with Crippen molar-refractivity contribution in [2.24, 2.45) is 0 Å². The van der Waals surface area contributed by atoms with Gasteiger partial charge in [-0.1, -0.05) is 31.0 Å². The monoisotopic (exact) mass is 335 g/mol. The molecule has 1 saturated heterocycles. The molecule has 24 heavy (non-hydrogen) atoms. The normalized spacial score (nSPS) is 25.9. The second-order valence-electron chi connectivity index (χ2n) is 6.74. The number of β-amino-alcohol motifs (C(OH)–C–C–N with tert-alkyl or cyclic N) is 1.